The minimum atomic E-state index is -0.329. The second kappa shape index (κ2) is 9.38. The van der Waals surface area contributed by atoms with Gasteiger partial charge in [0.15, 0.2) is 0 Å². The molecule has 0 spiro atoms. The standard InChI is InChI=1S/C22H31N3O5S/c1-6-24-19(27)17-14(4)18(31-21(17)25(22(24)29)12-7-13(2)3)20(28)23-10-8-16(9-11-23)30-15(5)26/h13,16H,6-12H2,1-5H3. The molecule has 170 valence electrons. The highest BCUT2D eigenvalue weighted by Gasteiger charge is 2.29. The summed E-state index contributed by atoms with van der Waals surface area (Å²) in [6.07, 6.45) is 1.83. The average Bonchev–Trinajstić information content (AvgIpc) is 3.05. The molecule has 31 heavy (non-hydrogen) atoms. The van der Waals surface area contributed by atoms with Gasteiger partial charge in [-0.3, -0.25) is 23.5 Å². The second-order valence-electron chi connectivity index (χ2n) is 8.50. The number of carbonyl (C=O) groups is 2. The van der Waals surface area contributed by atoms with Crippen LogP contribution in [0.1, 0.15) is 62.2 Å². The number of esters is 1. The lowest BCUT2D eigenvalue weighted by Crippen LogP contribution is -2.41. The fraction of sp³-hybridized carbons (Fsp3) is 0.636. The van der Waals surface area contributed by atoms with Crippen molar-refractivity contribution in [2.75, 3.05) is 13.1 Å². The van der Waals surface area contributed by atoms with Crippen LogP contribution in [0.2, 0.25) is 0 Å². The van der Waals surface area contributed by atoms with Gasteiger partial charge >= 0.3 is 11.7 Å². The third-order valence-electron chi connectivity index (χ3n) is 5.80. The zero-order valence-corrected chi connectivity index (χ0v) is 19.7. The van der Waals surface area contributed by atoms with Crippen LogP contribution in [0.25, 0.3) is 10.2 Å². The predicted octanol–water partition coefficient (Wildman–Crippen LogP) is 2.77. The Kier molecular flexibility index (Phi) is 7.03. The van der Waals surface area contributed by atoms with Crippen molar-refractivity contribution in [2.45, 2.75) is 73.1 Å². The van der Waals surface area contributed by atoms with Crippen LogP contribution in [0.15, 0.2) is 9.59 Å². The Morgan fingerprint density at radius 2 is 1.81 bits per heavy atom. The van der Waals surface area contributed by atoms with Crippen LogP contribution in [0.4, 0.5) is 0 Å². The molecular weight excluding hydrogens is 418 g/mol. The molecule has 1 saturated heterocycles. The van der Waals surface area contributed by atoms with E-state index in [1.54, 1.807) is 23.3 Å². The molecule has 1 aliphatic heterocycles. The lowest BCUT2D eigenvalue weighted by atomic mass is 10.1. The van der Waals surface area contributed by atoms with E-state index in [4.69, 9.17) is 4.74 Å². The van der Waals surface area contributed by atoms with E-state index in [-0.39, 0.29) is 35.8 Å². The van der Waals surface area contributed by atoms with Crippen LogP contribution in [-0.2, 0) is 22.6 Å². The van der Waals surface area contributed by atoms with E-state index in [2.05, 4.69) is 13.8 Å². The Morgan fingerprint density at radius 3 is 2.35 bits per heavy atom. The molecule has 8 nitrogen and oxygen atoms in total. The Bertz CT molecular complexity index is 1100. The lowest BCUT2D eigenvalue weighted by Gasteiger charge is -2.31. The van der Waals surface area contributed by atoms with Gasteiger partial charge in [0.25, 0.3) is 11.5 Å². The summed E-state index contributed by atoms with van der Waals surface area (Å²) in [4.78, 5) is 53.3. The van der Waals surface area contributed by atoms with Gasteiger partial charge in [-0.05, 0) is 31.7 Å². The van der Waals surface area contributed by atoms with Crippen LogP contribution in [0.3, 0.4) is 0 Å². The molecule has 2 aromatic rings. The summed E-state index contributed by atoms with van der Waals surface area (Å²) >= 11 is 1.24. The molecule has 0 radical (unpaired) electrons. The van der Waals surface area contributed by atoms with E-state index in [9.17, 15) is 19.2 Å². The number of amides is 1. The maximum Gasteiger partial charge on any atom is 0.332 e. The zero-order chi connectivity index (χ0) is 22.9. The third-order valence-corrected chi connectivity index (χ3v) is 7.10. The average molecular weight is 450 g/mol. The van der Waals surface area contributed by atoms with Gasteiger partial charge in [0.05, 0.1) is 10.3 Å². The van der Waals surface area contributed by atoms with Gasteiger partial charge in [0, 0.05) is 45.9 Å². The first-order valence-electron chi connectivity index (χ1n) is 10.9. The highest BCUT2D eigenvalue weighted by Crippen LogP contribution is 2.30. The summed E-state index contributed by atoms with van der Waals surface area (Å²) in [5.74, 6) is -0.0355. The van der Waals surface area contributed by atoms with Crippen molar-refractivity contribution < 1.29 is 14.3 Å². The Labute approximate surface area is 185 Å². The summed E-state index contributed by atoms with van der Waals surface area (Å²) in [5.41, 5.74) is -0.00892. The van der Waals surface area contributed by atoms with Gasteiger partial charge in [0.2, 0.25) is 0 Å². The smallest absolute Gasteiger partial charge is 0.332 e. The fourth-order valence-electron chi connectivity index (χ4n) is 4.02. The third kappa shape index (κ3) is 4.61. The van der Waals surface area contributed by atoms with Crippen LogP contribution < -0.4 is 11.2 Å². The van der Waals surface area contributed by atoms with Gasteiger partial charge in [-0.1, -0.05) is 13.8 Å². The van der Waals surface area contributed by atoms with Gasteiger partial charge in [-0.15, -0.1) is 11.3 Å². The second-order valence-corrected chi connectivity index (χ2v) is 9.50. The molecule has 1 amide bonds. The van der Waals surface area contributed by atoms with Crippen molar-refractivity contribution in [3.63, 3.8) is 0 Å². The Balaban J connectivity index is 2.00. The van der Waals surface area contributed by atoms with E-state index in [0.717, 1.165) is 6.42 Å². The summed E-state index contributed by atoms with van der Waals surface area (Å²) in [6, 6.07) is 0. The number of ether oxygens (including phenoxy) is 1. The van der Waals surface area contributed by atoms with Crippen molar-refractivity contribution in [3.05, 3.63) is 31.3 Å². The van der Waals surface area contributed by atoms with Crippen molar-refractivity contribution >= 4 is 33.4 Å². The number of aryl methyl sites for hydroxylation is 2. The first kappa shape index (κ1) is 23.2. The first-order chi connectivity index (χ1) is 14.6. The van der Waals surface area contributed by atoms with Gasteiger partial charge in [-0.2, -0.15) is 0 Å². The maximum atomic E-state index is 13.3. The molecule has 9 heteroatoms. The van der Waals surface area contributed by atoms with Gasteiger partial charge in [-0.25, -0.2) is 4.79 Å². The Morgan fingerprint density at radius 1 is 1.16 bits per heavy atom. The normalized spacial score (nSPS) is 15.1. The number of likely N-dealkylation sites (tertiary alicyclic amines) is 1. The van der Waals surface area contributed by atoms with E-state index in [1.165, 1.54) is 22.8 Å². The van der Waals surface area contributed by atoms with Crippen LogP contribution >= 0.6 is 11.3 Å². The molecule has 0 atom stereocenters. The number of piperidine rings is 1. The van der Waals surface area contributed by atoms with Gasteiger partial charge in [0.1, 0.15) is 10.9 Å². The molecule has 0 N–H and O–H groups in total. The van der Waals surface area contributed by atoms with Crippen molar-refractivity contribution in [3.8, 4) is 0 Å². The summed E-state index contributed by atoms with van der Waals surface area (Å²) < 4.78 is 8.16. The molecule has 1 fully saturated rings. The predicted molar refractivity (Wildman–Crippen MR) is 121 cm³/mol. The number of thiophene rings is 1. The number of fused-ring (bicyclic) bond motifs is 1. The molecule has 0 aromatic carbocycles. The van der Waals surface area contributed by atoms with E-state index in [0.29, 0.717) is 59.1 Å². The van der Waals surface area contributed by atoms with Crippen molar-refractivity contribution in [1.29, 1.82) is 0 Å². The number of hydrogen-bond donors (Lipinski definition) is 0. The SMILES string of the molecule is CCn1c(=O)c2c(C)c(C(=O)N3CCC(OC(C)=O)CC3)sc2n(CCC(C)C)c1=O. The quantitative estimate of drug-likeness (QED) is 0.633. The van der Waals surface area contributed by atoms with E-state index in [1.807, 2.05) is 0 Å². The number of rotatable bonds is 6. The molecule has 0 aliphatic carbocycles. The maximum absolute atomic E-state index is 13.3. The molecular formula is C22H31N3O5S. The van der Waals surface area contributed by atoms with Crippen LogP contribution in [0.5, 0.6) is 0 Å². The zero-order valence-electron chi connectivity index (χ0n) is 18.9. The largest absolute Gasteiger partial charge is 0.462 e. The number of carbonyl (C=O) groups excluding carboxylic acids is 2. The van der Waals surface area contributed by atoms with Gasteiger partial charge < -0.3 is 9.64 Å². The number of nitrogens with zero attached hydrogens (tertiary/aromatic N) is 3. The lowest BCUT2D eigenvalue weighted by molar-refractivity contribution is -0.148. The first-order valence-corrected chi connectivity index (χ1v) is 11.7. The summed E-state index contributed by atoms with van der Waals surface area (Å²) in [6.45, 7) is 10.9. The highest BCUT2D eigenvalue weighted by atomic mass is 32.1. The molecule has 3 heterocycles. The molecule has 2 aromatic heterocycles. The number of aromatic nitrogens is 2. The van der Waals surface area contributed by atoms with Crippen LogP contribution in [-0.4, -0.2) is 45.1 Å². The minimum absolute atomic E-state index is 0.134. The minimum Gasteiger partial charge on any atom is -0.462 e. The van der Waals surface area contributed by atoms with Crippen LogP contribution in [0, 0.1) is 12.8 Å². The number of hydrogen-bond acceptors (Lipinski definition) is 6. The molecule has 0 saturated carbocycles. The highest BCUT2D eigenvalue weighted by molar-refractivity contribution is 7.20. The summed E-state index contributed by atoms with van der Waals surface area (Å²) in [7, 11) is 0. The van der Waals surface area contributed by atoms with E-state index >= 15 is 0 Å². The molecule has 1 aliphatic rings. The molecule has 3 rings (SSSR count). The Hall–Kier alpha value is -2.42. The topological polar surface area (TPSA) is 90.6 Å². The monoisotopic (exact) mass is 449 g/mol. The summed E-state index contributed by atoms with van der Waals surface area (Å²) in [5, 5.41) is 0.466. The molecule has 0 bridgehead atoms. The fourth-order valence-corrected chi connectivity index (χ4v) is 5.30. The van der Waals surface area contributed by atoms with Crippen molar-refractivity contribution in [1.82, 2.24) is 14.0 Å². The van der Waals surface area contributed by atoms with E-state index < -0.39 is 0 Å². The molecule has 0 unspecified atom stereocenters. The van der Waals surface area contributed by atoms with Crippen molar-refractivity contribution in [2.24, 2.45) is 5.92 Å².